The second-order valence-corrected chi connectivity index (χ2v) is 15.4. The van der Waals surface area contributed by atoms with Crippen molar-refractivity contribution < 1.29 is 0 Å². The number of rotatable bonds is 6. The van der Waals surface area contributed by atoms with Crippen molar-refractivity contribution in [2.75, 3.05) is 0 Å². The first kappa shape index (κ1) is 41.4. The molecule has 0 radical (unpaired) electrons. The van der Waals surface area contributed by atoms with Gasteiger partial charge in [0.15, 0.2) is 0 Å². The third kappa shape index (κ3) is 9.82. The van der Waals surface area contributed by atoms with E-state index in [2.05, 4.69) is 224 Å². The molecule has 58 heavy (non-hydrogen) atoms. The summed E-state index contributed by atoms with van der Waals surface area (Å²) < 4.78 is 0. The minimum atomic E-state index is 0.965. The molecule has 0 aromatic heterocycles. The van der Waals surface area contributed by atoms with Crippen LogP contribution in [0, 0.1) is 41.5 Å². The molecule has 0 saturated heterocycles. The fourth-order valence-electron chi connectivity index (χ4n) is 7.84. The summed E-state index contributed by atoms with van der Waals surface area (Å²) in [6, 6.07) is 57.1. The molecule has 7 aromatic carbocycles. The highest BCUT2D eigenvalue weighted by Gasteiger charge is 2.14. The Kier molecular flexibility index (Phi) is 13.8. The van der Waals surface area contributed by atoms with Crippen molar-refractivity contribution >= 4 is 11.1 Å². The fraction of sp³-hybridized carbons (Fsp3) is 0.172. The molecular formula is C58H58. The lowest BCUT2D eigenvalue weighted by Gasteiger charge is -2.15. The molecule has 0 saturated carbocycles. The molecule has 7 aromatic rings. The van der Waals surface area contributed by atoms with Crippen molar-refractivity contribution in [3.8, 4) is 44.5 Å². The first-order valence-corrected chi connectivity index (χ1v) is 20.8. The second kappa shape index (κ2) is 19.3. The van der Waals surface area contributed by atoms with Gasteiger partial charge in [0.1, 0.15) is 0 Å². The third-order valence-corrected chi connectivity index (χ3v) is 11.0. The van der Waals surface area contributed by atoms with Crippen LogP contribution >= 0.6 is 0 Å². The van der Waals surface area contributed by atoms with Crippen LogP contribution in [0.5, 0.6) is 0 Å². The normalized spacial score (nSPS) is 12.1. The van der Waals surface area contributed by atoms with E-state index in [1.807, 2.05) is 13.8 Å². The fourth-order valence-corrected chi connectivity index (χ4v) is 7.84. The van der Waals surface area contributed by atoms with E-state index in [9.17, 15) is 0 Å². The molecule has 1 aliphatic rings. The van der Waals surface area contributed by atoms with Gasteiger partial charge in [-0.25, -0.2) is 0 Å². The zero-order valence-electron chi connectivity index (χ0n) is 36.0. The second-order valence-electron chi connectivity index (χ2n) is 15.4. The predicted molar refractivity (Wildman–Crippen MR) is 255 cm³/mol. The lowest BCUT2D eigenvalue weighted by atomic mass is 9.89. The van der Waals surface area contributed by atoms with Crippen LogP contribution < -0.4 is 0 Å². The van der Waals surface area contributed by atoms with Crippen LogP contribution in [0.15, 0.2) is 182 Å². The first-order chi connectivity index (χ1) is 28.1. The lowest BCUT2D eigenvalue weighted by Crippen LogP contribution is -1.92. The molecule has 0 heterocycles. The van der Waals surface area contributed by atoms with Gasteiger partial charge in [-0.2, -0.15) is 0 Å². The van der Waals surface area contributed by atoms with Crippen molar-refractivity contribution in [3.05, 3.63) is 226 Å². The highest BCUT2D eigenvalue weighted by Crippen LogP contribution is 2.37. The number of benzene rings is 7. The van der Waals surface area contributed by atoms with E-state index in [0.717, 1.165) is 6.42 Å². The Morgan fingerprint density at radius 1 is 0.328 bits per heavy atom. The van der Waals surface area contributed by atoms with E-state index in [4.69, 9.17) is 0 Å². The number of hydrogen-bond acceptors (Lipinski definition) is 0. The van der Waals surface area contributed by atoms with Crippen LogP contribution in [-0.4, -0.2) is 0 Å². The largest absolute Gasteiger partial charge is 0.0689 e. The van der Waals surface area contributed by atoms with Gasteiger partial charge in [0.2, 0.25) is 0 Å². The molecule has 0 spiro atoms. The molecule has 0 amide bonds. The molecule has 0 unspecified atom stereocenters. The Balaban J connectivity index is 0.000000297. The topological polar surface area (TPSA) is 0 Å². The Morgan fingerprint density at radius 3 is 1.31 bits per heavy atom. The van der Waals surface area contributed by atoms with E-state index < -0.39 is 0 Å². The lowest BCUT2D eigenvalue weighted by molar-refractivity contribution is 1.22. The van der Waals surface area contributed by atoms with Crippen molar-refractivity contribution in [1.29, 1.82) is 0 Å². The summed E-state index contributed by atoms with van der Waals surface area (Å²) in [5, 5.41) is 0. The summed E-state index contributed by atoms with van der Waals surface area (Å²) in [5.74, 6) is 0. The first-order valence-electron chi connectivity index (χ1n) is 20.8. The van der Waals surface area contributed by atoms with E-state index in [0.29, 0.717) is 0 Å². The molecule has 0 atom stereocenters. The van der Waals surface area contributed by atoms with Crippen LogP contribution in [0.2, 0.25) is 0 Å². The maximum atomic E-state index is 2.40. The van der Waals surface area contributed by atoms with Gasteiger partial charge in [-0.15, -0.1) is 0 Å². The average molecular weight is 755 g/mol. The Bertz CT molecular complexity index is 2560. The monoisotopic (exact) mass is 754 g/mol. The van der Waals surface area contributed by atoms with Crippen LogP contribution in [0.3, 0.4) is 0 Å². The number of aryl methyl sites for hydroxylation is 6. The van der Waals surface area contributed by atoms with Gasteiger partial charge in [-0.05, 0) is 173 Å². The summed E-state index contributed by atoms with van der Waals surface area (Å²) in [5.41, 5.74) is 24.7. The molecule has 0 fully saturated rings. The molecule has 0 aliphatic heterocycles. The molecule has 0 heteroatoms. The molecule has 8 rings (SSSR count). The van der Waals surface area contributed by atoms with E-state index in [1.54, 1.807) is 0 Å². The van der Waals surface area contributed by atoms with Gasteiger partial charge in [-0.1, -0.05) is 177 Å². The van der Waals surface area contributed by atoms with Crippen LogP contribution in [0.4, 0.5) is 0 Å². The maximum Gasteiger partial charge on any atom is -0.00605 e. The van der Waals surface area contributed by atoms with Crippen LogP contribution in [-0.2, 0) is 0 Å². The number of allylic oxidation sites excluding steroid dienone is 6. The zero-order chi connectivity index (χ0) is 41.2. The van der Waals surface area contributed by atoms with Gasteiger partial charge in [-0.3, -0.25) is 0 Å². The minimum absolute atomic E-state index is 0.965. The highest BCUT2D eigenvalue weighted by atomic mass is 14.2. The van der Waals surface area contributed by atoms with Crippen molar-refractivity contribution in [1.82, 2.24) is 0 Å². The molecule has 290 valence electrons. The smallest absolute Gasteiger partial charge is 0.00605 e. The quantitative estimate of drug-likeness (QED) is 0.159. The summed E-state index contributed by atoms with van der Waals surface area (Å²) in [6.45, 7) is 19.4. The average Bonchev–Trinajstić information content (AvgIpc) is 3.44. The van der Waals surface area contributed by atoms with Crippen molar-refractivity contribution in [2.45, 2.75) is 68.7 Å². The van der Waals surface area contributed by atoms with E-state index >= 15 is 0 Å². The van der Waals surface area contributed by atoms with Crippen LogP contribution in [0.1, 0.15) is 71.7 Å². The SMILES string of the molecule is CC.CC1=CC=C(c2cc(C)cc(-c3ccc(C)c(-c4cc(-c5ccccc5)ccc4C)c3)c2)C=C(c2ccccc2C)C1.Cc1ccccc1-c1ccccc1C. The van der Waals surface area contributed by atoms with Gasteiger partial charge < -0.3 is 0 Å². The van der Waals surface area contributed by atoms with Gasteiger partial charge >= 0.3 is 0 Å². The van der Waals surface area contributed by atoms with Crippen molar-refractivity contribution in [3.63, 3.8) is 0 Å². The summed E-state index contributed by atoms with van der Waals surface area (Å²) in [6.07, 6.45) is 7.93. The van der Waals surface area contributed by atoms with Gasteiger partial charge in [0.05, 0.1) is 0 Å². The van der Waals surface area contributed by atoms with E-state index in [1.165, 1.54) is 106 Å². The maximum absolute atomic E-state index is 2.40. The Labute approximate surface area is 349 Å². The summed E-state index contributed by atoms with van der Waals surface area (Å²) >= 11 is 0. The van der Waals surface area contributed by atoms with Crippen molar-refractivity contribution in [2.24, 2.45) is 0 Å². The molecule has 0 bridgehead atoms. The summed E-state index contributed by atoms with van der Waals surface area (Å²) in [4.78, 5) is 0. The van der Waals surface area contributed by atoms with Gasteiger partial charge in [0, 0.05) is 0 Å². The van der Waals surface area contributed by atoms with Crippen LogP contribution in [0.25, 0.3) is 55.7 Å². The zero-order valence-corrected chi connectivity index (χ0v) is 36.0. The third-order valence-electron chi connectivity index (χ3n) is 11.0. The summed E-state index contributed by atoms with van der Waals surface area (Å²) in [7, 11) is 0. The standard InChI is InChI=1S/C42H38.C14H14.C2H6/c1-28-15-18-34(24-39(21-28)40-14-10-9-11-30(40)3)37-22-29(2)23-38(25-37)36-20-17-32(5)42(27-36)41-26-35(19-16-31(41)4)33-12-7-6-8-13-33;1-11-7-3-5-9-13(11)14-10-6-4-8-12(14)2;1-2/h6-20,22-27H,21H2,1-5H3;3-10H,1-2H3;1-2H3. The minimum Gasteiger partial charge on any atom is -0.0689 e. The van der Waals surface area contributed by atoms with E-state index in [-0.39, 0.29) is 0 Å². The van der Waals surface area contributed by atoms with Gasteiger partial charge in [0.25, 0.3) is 0 Å². The Hall–Kier alpha value is -6.24. The highest BCUT2D eigenvalue weighted by molar-refractivity contribution is 5.89. The predicted octanol–water partition coefficient (Wildman–Crippen LogP) is 16.7. The molecule has 0 N–H and O–H groups in total. The Morgan fingerprint density at radius 2 is 0.776 bits per heavy atom. The number of hydrogen-bond donors (Lipinski definition) is 0. The molecular weight excluding hydrogens is 697 g/mol. The molecule has 0 nitrogen and oxygen atoms in total. The molecule has 1 aliphatic carbocycles.